The van der Waals surface area contributed by atoms with E-state index in [0.29, 0.717) is 0 Å². The van der Waals surface area contributed by atoms with Crippen LogP contribution in [0.5, 0.6) is 0 Å². The first kappa shape index (κ1) is 15.9. The second-order valence-electron chi connectivity index (χ2n) is 5.84. The highest BCUT2D eigenvalue weighted by molar-refractivity contribution is 5.39. The summed E-state index contributed by atoms with van der Waals surface area (Å²) in [7, 11) is 2.10. The molecule has 2 rings (SSSR count). The van der Waals surface area contributed by atoms with Gasteiger partial charge >= 0.3 is 0 Å². The Morgan fingerprint density at radius 2 is 1.90 bits per heavy atom. The molecule has 21 heavy (non-hydrogen) atoms. The average Bonchev–Trinajstić information content (AvgIpc) is 2.52. The Morgan fingerprint density at radius 1 is 1.19 bits per heavy atom. The number of nitrogens with zero attached hydrogens (tertiary/aromatic N) is 3. The van der Waals surface area contributed by atoms with Crippen molar-refractivity contribution in [1.29, 1.82) is 0 Å². The number of hydrogen-bond acceptors (Lipinski definition) is 4. The standard InChI is InChI=1S/C16H25N3O2/c1-17(13-14-18-10-5-2-6-11-18)12-9-15-7-3-4-8-16(15)19(20)21/h3-4,7-8H,2,5-6,9-14H2,1H3. The van der Waals surface area contributed by atoms with Crippen molar-refractivity contribution in [1.82, 2.24) is 9.80 Å². The number of likely N-dealkylation sites (N-methyl/N-ethyl adjacent to an activating group) is 1. The summed E-state index contributed by atoms with van der Waals surface area (Å²) in [6, 6.07) is 7.04. The van der Waals surface area contributed by atoms with Gasteiger partial charge < -0.3 is 9.80 Å². The molecule has 0 aliphatic carbocycles. The molecule has 0 bridgehead atoms. The van der Waals surface area contributed by atoms with E-state index in [-0.39, 0.29) is 10.6 Å². The molecular weight excluding hydrogens is 266 g/mol. The first-order chi connectivity index (χ1) is 10.2. The van der Waals surface area contributed by atoms with Crippen molar-refractivity contribution in [3.05, 3.63) is 39.9 Å². The zero-order chi connectivity index (χ0) is 15.1. The molecule has 1 aliphatic rings. The van der Waals surface area contributed by atoms with Gasteiger partial charge in [0.1, 0.15) is 0 Å². The summed E-state index contributed by atoms with van der Waals surface area (Å²) < 4.78 is 0. The maximum Gasteiger partial charge on any atom is 0.272 e. The number of nitro benzene ring substituents is 1. The van der Waals surface area contributed by atoms with Gasteiger partial charge in [0.15, 0.2) is 0 Å². The molecule has 1 heterocycles. The van der Waals surface area contributed by atoms with Gasteiger partial charge in [0, 0.05) is 31.3 Å². The first-order valence-corrected chi connectivity index (χ1v) is 7.80. The molecule has 0 aromatic heterocycles. The van der Waals surface area contributed by atoms with Crippen LogP contribution in [0.25, 0.3) is 0 Å². The third kappa shape index (κ3) is 5.10. The monoisotopic (exact) mass is 291 g/mol. The van der Waals surface area contributed by atoms with Crippen molar-refractivity contribution < 1.29 is 4.92 Å². The normalized spacial score (nSPS) is 16.3. The van der Waals surface area contributed by atoms with Gasteiger partial charge in [0.25, 0.3) is 5.69 Å². The molecule has 1 aromatic carbocycles. The minimum absolute atomic E-state index is 0.238. The summed E-state index contributed by atoms with van der Waals surface area (Å²) in [5.41, 5.74) is 1.06. The minimum Gasteiger partial charge on any atom is -0.305 e. The first-order valence-electron chi connectivity index (χ1n) is 7.80. The van der Waals surface area contributed by atoms with E-state index >= 15 is 0 Å². The van der Waals surface area contributed by atoms with E-state index in [1.165, 1.54) is 32.4 Å². The van der Waals surface area contributed by atoms with E-state index in [0.717, 1.165) is 31.6 Å². The number of nitro groups is 1. The Morgan fingerprint density at radius 3 is 2.62 bits per heavy atom. The second-order valence-corrected chi connectivity index (χ2v) is 5.84. The highest BCUT2D eigenvalue weighted by Crippen LogP contribution is 2.18. The van der Waals surface area contributed by atoms with Crippen LogP contribution in [0.3, 0.4) is 0 Å². The summed E-state index contributed by atoms with van der Waals surface area (Å²) in [6.45, 7) is 5.43. The van der Waals surface area contributed by atoms with Crippen molar-refractivity contribution >= 4 is 5.69 Å². The van der Waals surface area contributed by atoms with Crippen LogP contribution in [0.15, 0.2) is 24.3 Å². The second kappa shape index (κ2) is 8.10. The number of benzene rings is 1. The Hall–Kier alpha value is -1.46. The van der Waals surface area contributed by atoms with Crippen molar-refractivity contribution in [3.8, 4) is 0 Å². The van der Waals surface area contributed by atoms with Crippen LogP contribution in [0.2, 0.25) is 0 Å². The number of likely N-dealkylation sites (tertiary alicyclic amines) is 1. The maximum atomic E-state index is 11.0. The Bertz CT molecular complexity index is 459. The SMILES string of the molecule is CN(CCc1ccccc1[N+](=O)[O-])CCN1CCCCC1. The van der Waals surface area contributed by atoms with Crippen molar-refractivity contribution in [3.63, 3.8) is 0 Å². The molecule has 0 saturated carbocycles. The maximum absolute atomic E-state index is 11.0. The summed E-state index contributed by atoms with van der Waals surface area (Å²) >= 11 is 0. The van der Waals surface area contributed by atoms with Crippen LogP contribution in [0.4, 0.5) is 5.69 Å². The third-order valence-electron chi connectivity index (χ3n) is 4.20. The van der Waals surface area contributed by atoms with Gasteiger partial charge in [0.2, 0.25) is 0 Å². The molecular formula is C16H25N3O2. The molecule has 1 fully saturated rings. The van der Waals surface area contributed by atoms with Gasteiger partial charge in [-0.3, -0.25) is 10.1 Å². The minimum atomic E-state index is -0.289. The molecule has 5 heteroatoms. The van der Waals surface area contributed by atoms with E-state index in [4.69, 9.17) is 0 Å². The molecule has 1 saturated heterocycles. The van der Waals surface area contributed by atoms with Crippen LogP contribution >= 0.6 is 0 Å². The molecule has 0 N–H and O–H groups in total. The van der Waals surface area contributed by atoms with Gasteiger partial charge in [-0.2, -0.15) is 0 Å². The Balaban J connectivity index is 1.75. The highest BCUT2D eigenvalue weighted by atomic mass is 16.6. The third-order valence-corrected chi connectivity index (χ3v) is 4.20. The van der Waals surface area contributed by atoms with E-state index in [1.54, 1.807) is 12.1 Å². The summed E-state index contributed by atoms with van der Waals surface area (Å²) in [5.74, 6) is 0. The van der Waals surface area contributed by atoms with Gasteiger partial charge in [0.05, 0.1) is 4.92 Å². The largest absolute Gasteiger partial charge is 0.305 e. The Kier molecular flexibility index (Phi) is 6.14. The molecule has 0 amide bonds. The molecule has 116 valence electrons. The smallest absolute Gasteiger partial charge is 0.272 e. The van der Waals surface area contributed by atoms with Crippen LogP contribution < -0.4 is 0 Å². The lowest BCUT2D eigenvalue weighted by Gasteiger charge is -2.28. The molecule has 1 aromatic rings. The number of rotatable bonds is 7. The van der Waals surface area contributed by atoms with E-state index in [1.807, 2.05) is 12.1 Å². The molecule has 0 spiro atoms. The quantitative estimate of drug-likeness (QED) is 0.572. The van der Waals surface area contributed by atoms with Gasteiger partial charge in [-0.1, -0.05) is 24.6 Å². The topological polar surface area (TPSA) is 49.6 Å². The molecule has 1 aliphatic heterocycles. The van der Waals surface area contributed by atoms with Crippen molar-refractivity contribution in [2.24, 2.45) is 0 Å². The Labute approximate surface area is 126 Å². The number of piperidine rings is 1. The molecule has 0 radical (unpaired) electrons. The van der Waals surface area contributed by atoms with Crippen molar-refractivity contribution in [2.45, 2.75) is 25.7 Å². The van der Waals surface area contributed by atoms with E-state index in [9.17, 15) is 10.1 Å². The average molecular weight is 291 g/mol. The van der Waals surface area contributed by atoms with Crippen LogP contribution in [0, 0.1) is 10.1 Å². The fourth-order valence-electron chi connectivity index (χ4n) is 2.82. The van der Waals surface area contributed by atoms with E-state index in [2.05, 4.69) is 16.8 Å². The lowest BCUT2D eigenvalue weighted by molar-refractivity contribution is -0.385. The summed E-state index contributed by atoms with van der Waals surface area (Å²) in [6.07, 6.45) is 4.73. The van der Waals surface area contributed by atoms with Gasteiger partial charge in [-0.25, -0.2) is 0 Å². The van der Waals surface area contributed by atoms with Crippen LogP contribution in [-0.2, 0) is 6.42 Å². The predicted octanol–water partition coefficient (Wildman–Crippen LogP) is 2.56. The lowest BCUT2D eigenvalue weighted by Crippen LogP contribution is -2.37. The zero-order valence-corrected chi connectivity index (χ0v) is 12.8. The lowest BCUT2D eigenvalue weighted by atomic mass is 10.1. The van der Waals surface area contributed by atoms with Gasteiger partial charge in [-0.05, 0) is 39.4 Å². The fraction of sp³-hybridized carbons (Fsp3) is 0.625. The summed E-state index contributed by atoms with van der Waals surface area (Å²) in [5, 5.41) is 11.0. The number of para-hydroxylation sites is 1. The molecule has 0 atom stereocenters. The predicted molar refractivity (Wildman–Crippen MR) is 84.6 cm³/mol. The van der Waals surface area contributed by atoms with E-state index < -0.39 is 0 Å². The van der Waals surface area contributed by atoms with Crippen molar-refractivity contribution in [2.75, 3.05) is 39.8 Å². The van der Waals surface area contributed by atoms with Gasteiger partial charge in [-0.15, -0.1) is 0 Å². The fourth-order valence-corrected chi connectivity index (χ4v) is 2.82. The zero-order valence-electron chi connectivity index (χ0n) is 12.8. The number of hydrogen-bond donors (Lipinski definition) is 0. The highest BCUT2D eigenvalue weighted by Gasteiger charge is 2.13. The van der Waals surface area contributed by atoms with Crippen LogP contribution in [0.1, 0.15) is 24.8 Å². The molecule has 5 nitrogen and oxygen atoms in total. The molecule has 0 unspecified atom stereocenters. The van der Waals surface area contributed by atoms with Crippen LogP contribution in [-0.4, -0.2) is 54.5 Å². The summed E-state index contributed by atoms with van der Waals surface area (Å²) in [4.78, 5) is 15.5.